The third-order valence-electron chi connectivity index (χ3n) is 4.53. The van der Waals surface area contributed by atoms with Gasteiger partial charge in [0.05, 0.1) is 0 Å². The molecule has 5 nitrogen and oxygen atoms in total. The van der Waals surface area contributed by atoms with Gasteiger partial charge in [0.1, 0.15) is 11.5 Å². The van der Waals surface area contributed by atoms with Crippen LogP contribution in [-0.2, 0) is 9.59 Å². The lowest BCUT2D eigenvalue weighted by atomic mass is 10.1. The van der Waals surface area contributed by atoms with Gasteiger partial charge in [0, 0.05) is 18.7 Å². The lowest BCUT2D eigenvalue weighted by Crippen LogP contribution is -2.23. The van der Waals surface area contributed by atoms with E-state index in [-0.39, 0.29) is 12.5 Å². The standard InChI is InChI=1S/C22H19NO4/c24-21-6-3-13-23(21)18-8-11-19(12-9-18)27-22(25)15-26-20-10-7-16-4-1-2-5-17(16)14-20/h1-2,4-5,7-12,14H,3,6,13,15H2. The molecule has 0 saturated carbocycles. The van der Waals surface area contributed by atoms with Crippen LogP contribution in [0.5, 0.6) is 11.5 Å². The van der Waals surface area contributed by atoms with Crippen LogP contribution in [0.2, 0.25) is 0 Å². The van der Waals surface area contributed by atoms with Crippen molar-refractivity contribution in [3.8, 4) is 11.5 Å². The second-order valence-electron chi connectivity index (χ2n) is 6.41. The number of nitrogens with zero attached hydrogens (tertiary/aromatic N) is 1. The first kappa shape index (κ1) is 17.1. The zero-order valence-corrected chi connectivity index (χ0v) is 14.8. The van der Waals surface area contributed by atoms with Gasteiger partial charge >= 0.3 is 5.97 Å². The molecule has 0 radical (unpaired) electrons. The van der Waals surface area contributed by atoms with E-state index in [1.54, 1.807) is 29.2 Å². The van der Waals surface area contributed by atoms with E-state index >= 15 is 0 Å². The summed E-state index contributed by atoms with van der Waals surface area (Å²) in [6.45, 7) is 0.558. The number of hydrogen-bond donors (Lipinski definition) is 0. The third-order valence-corrected chi connectivity index (χ3v) is 4.53. The van der Waals surface area contributed by atoms with Crippen molar-refractivity contribution in [1.82, 2.24) is 0 Å². The number of benzene rings is 3. The van der Waals surface area contributed by atoms with Crippen molar-refractivity contribution in [2.75, 3.05) is 18.1 Å². The Kier molecular flexibility index (Phi) is 4.75. The van der Waals surface area contributed by atoms with Crippen LogP contribution in [0.15, 0.2) is 66.7 Å². The summed E-state index contributed by atoms with van der Waals surface area (Å²) in [4.78, 5) is 25.5. The van der Waals surface area contributed by atoms with Crippen molar-refractivity contribution in [2.24, 2.45) is 0 Å². The van der Waals surface area contributed by atoms with E-state index in [1.807, 2.05) is 42.5 Å². The highest BCUT2D eigenvalue weighted by molar-refractivity contribution is 5.95. The van der Waals surface area contributed by atoms with Crippen LogP contribution in [-0.4, -0.2) is 25.0 Å². The number of rotatable bonds is 5. The molecule has 5 heteroatoms. The fraction of sp³-hybridized carbons (Fsp3) is 0.182. The molecule has 0 aromatic heterocycles. The maximum absolute atomic E-state index is 12.0. The van der Waals surface area contributed by atoms with Crippen LogP contribution in [0.4, 0.5) is 5.69 Å². The highest BCUT2D eigenvalue weighted by Crippen LogP contribution is 2.24. The predicted octanol–water partition coefficient (Wildman–Crippen LogP) is 3.95. The first-order chi connectivity index (χ1) is 13.2. The predicted molar refractivity (Wildman–Crippen MR) is 103 cm³/mol. The van der Waals surface area contributed by atoms with Crippen LogP contribution in [0.3, 0.4) is 0 Å². The first-order valence-electron chi connectivity index (χ1n) is 8.92. The van der Waals surface area contributed by atoms with Crippen LogP contribution in [0, 0.1) is 0 Å². The molecule has 1 amide bonds. The van der Waals surface area contributed by atoms with Crippen molar-refractivity contribution < 1.29 is 19.1 Å². The van der Waals surface area contributed by atoms with Gasteiger partial charge in [-0.1, -0.05) is 30.3 Å². The molecule has 27 heavy (non-hydrogen) atoms. The van der Waals surface area contributed by atoms with Crippen molar-refractivity contribution >= 4 is 28.3 Å². The lowest BCUT2D eigenvalue weighted by molar-refractivity contribution is -0.136. The van der Waals surface area contributed by atoms with Gasteiger partial charge < -0.3 is 14.4 Å². The van der Waals surface area contributed by atoms with Gasteiger partial charge in [-0.15, -0.1) is 0 Å². The van der Waals surface area contributed by atoms with Gasteiger partial charge in [-0.25, -0.2) is 4.79 Å². The number of anilines is 1. The Hall–Kier alpha value is -3.34. The van der Waals surface area contributed by atoms with Gasteiger partial charge in [0.2, 0.25) is 5.91 Å². The molecule has 0 unspecified atom stereocenters. The molecule has 1 aliphatic heterocycles. The molecule has 3 aromatic carbocycles. The molecular formula is C22H19NO4. The molecule has 4 rings (SSSR count). The number of fused-ring (bicyclic) bond motifs is 1. The summed E-state index contributed by atoms with van der Waals surface area (Å²) in [7, 11) is 0. The Balaban J connectivity index is 1.34. The van der Waals surface area contributed by atoms with Crippen LogP contribution in [0.25, 0.3) is 10.8 Å². The van der Waals surface area contributed by atoms with E-state index in [0.29, 0.717) is 17.9 Å². The lowest BCUT2D eigenvalue weighted by Gasteiger charge is -2.15. The van der Waals surface area contributed by atoms with Crippen molar-refractivity contribution in [2.45, 2.75) is 12.8 Å². The maximum Gasteiger partial charge on any atom is 0.349 e. The summed E-state index contributed by atoms with van der Waals surface area (Å²) >= 11 is 0. The minimum atomic E-state index is -0.479. The summed E-state index contributed by atoms with van der Waals surface area (Å²) in [5, 5.41) is 2.17. The Morgan fingerprint density at radius 2 is 1.67 bits per heavy atom. The number of carbonyl (C=O) groups is 2. The van der Waals surface area contributed by atoms with Crippen molar-refractivity contribution in [1.29, 1.82) is 0 Å². The molecule has 0 spiro atoms. The Morgan fingerprint density at radius 1 is 0.926 bits per heavy atom. The molecule has 0 bridgehead atoms. The normalized spacial score (nSPS) is 13.8. The fourth-order valence-corrected chi connectivity index (χ4v) is 3.18. The highest BCUT2D eigenvalue weighted by atomic mass is 16.6. The summed E-state index contributed by atoms with van der Waals surface area (Å²) in [5.41, 5.74) is 0.824. The Bertz CT molecular complexity index is 981. The quantitative estimate of drug-likeness (QED) is 0.510. The second kappa shape index (κ2) is 7.50. The summed E-state index contributed by atoms with van der Waals surface area (Å²) in [6, 6.07) is 20.6. The minimum absolute atomic E-state index is 0.128. The monoisotopic (exact) mass is 361 g/mol. The van der Waals surface area contributed by atoms with Crippen LogP contribution in [0.1, 0.15) is 12.8 Å². The van der Waals surface area contributed by atoms with Gasteiger partial charge in [0.15, 0.2) is 6.61 Å². The molecule has 0 N–H and O–H groups in total. The van der Waals surface area contributed by atoms with Crippen molar-refractivity contribution in [3.05, 3.63) is 66.7 Å². The van der Waals surface area contributed by atoms with Crippen LogP contribution < -0.4 is 14.4 Å². The van der Waals surface area contributed by atoms with Gasteiger partial charge in [-0.3, -0.25) is 4.79 Å². The molecule has 1 saturated heterocycles. The molecular weight excluding hydrogens is 342 g/mol. The van der Waals surface area contributed by atoms with E-state index in [0.717, 1.165) is 29.4 Å². The van der Waals surface area contributed by atoms with Gasteiger partial charge in [-0.05, 0) is 53.6 Å². The molecule has 1 fully saturated rings. The third kappa shape index (κ3) is 3.92. The largest absolute Gasteiger partial charge is 0.482 e. The Labute approximate surface area is 157 Å². The average Bonchev–Trinajstić information content (AvgIpc) is 3.13. The first-order valence-corrected chi connectivity index (χ1v) is 8.92. The van der Waals surface area contributed by atoms with E-state index in [1.165, 1.54) is 0 Å². The van der Waals surface area contributed by atoms with Crippen molar-refractivity contribution in [3.63, 3.8) is 0 Å². The number of amides is 1. The minimum Gasteiger partial charge on any atom is -0.482 e. The number of ether oxygens (including phenoxy) is 2. The number of hydrogen-bond acceptors (Lipinski definition) is 4. The topological polar surface area (TPSA) is 55.8 Å². The van der Waals surface area contributed by atoms with E-state index in [2.05, 4.69) is 0 Å². The average molecular weight is 361 g/mol. The Morgan fingerprint density at radius 3 is 2.41 bits per heavy atom. The summed E-state index contributed by atoms with van der Waals surface area (Å²) < 4.78 is 10.8. The zero-order chi connectivity index (χ0) is 18.6. The maximum atomic E-state index is 12.0. The molecule has 0 atom stereocenters. The summed E-state index contributed by atoms with van der Waals surface area (Å²) in [5.74, 6) is 0.697. The molecule has 3 aromatic rings. The smallest absolute Gasteiger partial charge is 0.349 e. The number of esters is 1. The van der Waals surface area contributed by atoms with Crippen LogP contribution >= 0.6 is 0 Å². The van der Waals surface area contributed by atoms with Gasteiger partial charge in [-0.2, -0.15) is 0 Å². The molecule has 136 valence electrons. The fourth-order valence-electron chi connectivity index (χ4n) is 3.18. The van der Waals surface area contributed by atoms with E-state index in [4.69, 9.17) is 9.47 Å². The molecule has 1 heterocycles. The number of carbonyl (C=O) groups excluding carboxylic acids is 2. The van der Waals surface area contributed by atoms with E-state index in [9.17, 15) is 9.59 Å². The highest BCUT2D eigenvalue weighted by Gasteiger charge is 2.21. The van der Waals surface area contributed by atoms with Gasteiger partial charge in [0.25, 0.3) is 0 Å². The zero-order valence-electron chi connectivity index (χ0n) is 14.8. The summed E-state index contributed by atoms with van der Waals surface area (Å²) in [6.07, 6.45) is 1.46. The molecule has 0 aliphatic carbocycles. The SMILES string of the molecule is O=C(COc1ccc2ccccc2c1)Oc1ccc(N2CCCC2=O)cc1. The molecule has 1 aliphatic rings. The van der Waals surface area contributed by atoms with E-state index < -0.39 is 5.97 Å². The second-order valence-corrected chi connectivity index (χ2v) is 6.41.